The molecule has 0 radical (unpaired) electrons. The minimum absolute atomic E-state index is 0.0604. The standard InChI is InChI=1S/C22H22FNO3S/c1-16-8-11-19(12-9-16)24(15-18-6-4-5-7-22(18)27-3)28(25,26)20-13-10-17(2)21(23)14-20/h4-14H,15H2,1-3H3. The third-order valence-electron chi connectivity index (χ3n) is 4.56. The van der Waals surface area contributed by atoms with Gasteiger partial charge < -0.3 is 4.74 Å². The van der Waals surface area contributed by atoms with Crippen molar-refractivity contribution in [3.63, 3.8) is 0 Å². The zero-order chi connectivity index (χ0) is 20.3. The van der Waals surface area contributed by atoms with Gasteiger partial charge in [-0.2, -0.15) is 0 Å². The van der Waals surface area contributed by atoms with Gasteiger partial charge in [0, 0.05) is 5.56 Å². The molecular formula is C22H22FNO3S. The van der Waals surface area contributed by atoms with E-state index in [1.54, 1.807) is 32.2 Å². The number of rotatable bonds is 6. The molecule has 3 aromatic carbocycles. The van der Waals surface area contributed by atoms with Crippen LogP contribution in [0.3, 0.4) is 0 Å². The Labute approximate surface area is 165 Å². The first-order chi connectivity index (χ1) is 13.3. The van der Waals surface area contributed by atoms with Crippen LogP contribution in [0.5, 0.6) is 5.75 Å². The Bertz CT molecular complexity index is 1080. The minimum atomic E-state index is -3.99. The minimum Gasteiger partial charge on any atom is -0.496 e. The molecule has 146 valence electrons. The number of sulfonamides is 1. The molecule has 4 nitrogen and oxygen atoms in total. The highest BCUT2D eigenvalue weighted by Gasteiger charge is 2.27. The Hall–Kier alpha value is -2.86. The fourth-order valence-electron chi connectivity index (χ4n) is 2.88. The molecule has 0 aliphatic rings. The Morgan fingerprint density at radius 3 is 2.29 bits per heavy atom. The molecule has 0 unspecified atom stereocenters. The molecule has 3 aromatic rings. The number of benzene rings is 3. The van der Waals surface area contributed by atoms with E-state index in [0.717, 1.165) is 11.6 Å². The lowest BCUT2D eigenvalue weighted by atomic mass is 10.2. The van der Waals surface area contributed by atoms with Gasteiger partial charge in [-0.3, -0.25) is 4.31 Å². The molecular weight excluding hydrogens is 377 g/mol. The molecule has 0 spiro atoms. The molecule has 0 atom stereocenters. The van der Waals surface area contributed by atoms with Crippen molar-refractivity contribution >= 4 is 15.7 Å². The normalized spacial score (nSPS) is 11.3. The van der Waals surface area contributed by atoms with Crippen molar-refractivity contribution in [1.29, 1.82) is 0 Å². The van der Waals surface area contributed by atoms with Crippen LogP contribution < -0.4 is 9.04 Å². The molecule has 0 heterocycles. The van der Waals surface area contributed by atoms with Crippen LogP contribution >= 0.6 is 0 Å². The molecule has 0 fully saturated rings. The van der Waals surface area contributed by atoms with Gasteiger partial charge in [-0.05, 0) is 49.7 Å². The maximum absolute atomic E-state index is 14.1. The maximum atomic E-state index is 14.1. The van der Waals surface area contributed by atoms with Gasteiger partial charge in [-0.15, -0.1) is 0 Å². The summed E-state index contributed by atoms with van der Waals surface area (Å²) < 4.78 is 47.5. The summed E-state index contributed by atoms with van der Waals surface area (Å²) >= 11 is 0. The highest BCUT2D eigenvalue weighted by atomic mass is 32.2. The van der Waals surface area contributed by atoms with E-state index in [1.807, 2.05) is 37.3 Å². The molecule has 0 saturated heterocycles. The van der Waals surface area contributed by atoms with Gasteiger partial charge in [0.1, 0.15) is 11.6 Å². The van der Waals surface area contributed by atoms with Crippen LogP contribution in [-0.4, -0.2) is 15.5 Å². The SMILES string of the molecule is COc1ccccc1CN(c1ccc(C)cc1)S(=O)(=O)c1ccc(C)c(F)c1. The molecule has 3 rings (SSSR count). The summed E-state index contributed by atoms with van der Waals surface area (Å²) in [6, 6.07) is 18.4. The highest BCUT2D eigenvalue weighted by molar-refractivity contribution is 7.92. The van der Waals surface area contributed by atoms with Gasteiger partial charge in [-0.25, -0.2) is 12.8 Å². The van der Waals surface area contributed by atoms with E-state index in [9.17, 15) is 12.8 Å². The highest BCUT2D eigenvalue weighted by Crippen LogP contribution is 2.29. The van der Waals surface area contributed by atoms with Crippen molar-refractivity contribution in [3.8, 4) is 5.75 Å². The summed E-state index contributed by atoms with van der Waals surface area (Å²) in [4.78, 5) is -0.0916. The summed E-state index contributed by atoms with van der Waals surface area (Å²) in [7, 11) is -2.45. The predicted octanol–water partition coefficient (Wildman–Crippen LogP) is 4.85. The lowest BCUT2D eigenvalue weighted by Gasteiger charge is -2.25. The maximum Gasteiger partial charge on any atom is 0.264 e. The first-order valence-electron chi connectivity index (χ1n) is 8.80. The first-order valence-corrected chi connectivity index (χ1v) is 10.2. The smallest absolute Gasteiger partial charge is 0.264 e. The van der Waals surface area contributed by atoms with E-state index >= 15 is 0 Å². The molecule has 6 heteroatoms. The van der Waals surface area contributed by atoms with Crippen molar-refractivity contribution in [2.45, 2.75) is 25.3 Å². The van der Waals surface area contributed by atoms with Crippen LogP contribution in [0.25, 0.3) is 0 Å². The average Bonchev–Trinajstić information content (AvgIpc) is 2.69. The number of anilines is 1. The molecule has 0 aromatic heterocycles. The topological polar surface area (TPSA) is 46.6 Å². The van der Waals surface area contributed by atoms with Crippen LogP contribution in [0.1, 0.15) is 16.7 Å². The summed E-state index contributed by atoms with van der Waals surface area (Å²) in [5, 5.41) is 0. The lowest BCUT2D eigenvalue weighted by Crippen LogP contribution is -2.31. The number of hydrogen-bond donors (Lipinski definition) is 0. The Morgan fingerprint density at radius 1 is 0.964 bits per heavy atom. The second-order valence-electron chi connectivity index (χ2n) is 6.57. The van der Waals surface area contributed by atoms with Gasteiger partial charge in [-0.1, -0.05) is 42.0 Å². The van der Waals surface area contributed by atoms with Crippen LogP contribution in [0.2, 0.25) is 0 Å². The van der Waals surface area contributed by atoms with E-state index in [4.69, 9.17) is 4.74 Å². The Morgan fingerprint density at radius 2 is 1.64 bits per heavy atom. The van der Waals surface area contributed by atoms with Crippen molar-refractivity contribution in [1.82, 2.24) is 0 Å². The van der Waals surface area contributed by atoms with Crippen molar-refractivity contribution in [2.24, 2.45) is 0 Å². The van der Waals surface area contributed by atoms with Crippen molar-refractivity contribution in [2.75, 3.05) is 11.4 Å². The molecule has 0 amide bonds. The lowest BCUT2D eigenvalue weighted by molar-refractivity contribution is 0.410. The number of halogens is 1. The number of methoxy groups -OCH3 is 1. The second-order valence-corrected chi connectivity index (χ2v) is 8.43. The molecule has 0 bridgehead atoms. The number of nitrogens with zero attached hydrogens (tertiary/aromatic N) is 1. The Balaban J connectivity index is 2.12. The van der Waals surface area contributed by atoms with Crippen molar-refractivity contribution in [3.05, 3.63) is 89.2 Å². The van der Waals surface area contributed by atoms with Crippen LogP contribution in [0.15, 0.2) is 71.6 Å². The summed E-state index contributed by atoms with van der Waals surface area (Å²) in [5.74, 6) is 0.0344. The summed E-state index contributed by atoms with van der Waals surface area (Å²) in [6.07, 6.45) is 0. The number of ether oxygens (including phenoxy) is 1. The fraction of sp³-hybridized carbons (Fsp3) is 0.182. The van der Waals surface area contributed by atoms with Crippen LogP contribution in [-0.2, 0) is 16.6 Å². The van der Waals surface area contributed by atoms with Gasteiger partial charge >= 0.3 is 0 Å². The number of para-hydroxylation sites is 1. The van der Waals surface area contributed by atoms with Crippen LogP contribution in [0, 0.1) is 19.7 Å². The largest absolute Gasteiger partial charge is 0.496 e. The van der Waals surface area contributed by atoms with E-state index in [1.165, 1.54) is 16.4 Å². The third-order valence-corrected chi connectivity index (χ3v) is 6.33. The van der Waals surface area contributed by atoms with E-state index in [2.05, 4.69) is 0 Å². The van der Waals surface area contributed by atoms with Gasteiger partial charge in [0.25, 0.3) is 10.0 Å². The van der Waals surface area contributed by atoms with E-state index in [0.29, 0.717) is 22.6 Å². The molecule has 0 aliphatic carbocycles. The average molecular weight is 399 g/mol. The van der Waals surface area contributed by atoms with Crippen LogP contribution in [0.4, 0.5) is 10.1 Å². The van der Waals surface area contributed by atoms with E-state index in [-0.39, 0.29) is 11.4 Å². The number of hydrogen-bond acceptors (Lipinski definition) is 3. The quantitative estimate of drug-likeness (QED) is 0.595. The fourth-order valence-corrected chi connectivity index (χ4v) is 4.33. The van der Waals surface area contributed by atoms with Gasteiger partial charge in [0.05, 0.1) is 24.2 Å². The zero-order valence-electron chi connectivity index (χ0n) is 16.0. The van der Waals surface area contributed by atoms with Gasteiger partial charge in [0.15, 0.2) is 0 Å². The van der Waals surface area contributed by atoms with E-state index < -0.39 is 15.8 Å². The zero-order valence-corrected chi connectivity index (χ0v) is 16.8. The summed E-state index contributed by atoms with van der Waals surface area (Å²) in [6.45, 7) is 3.58. The molecule has 0 N–H and O–H groups in total. The molecule has 0 aliphatic heterocycles. The van der Waals surface area contributed by atoms with Gasteiger partial charge in [0.2, 0.25) is 0 Å². The predicted molar refractivity (Wildman–Crippen MR) is 109 cm³/mol. The summed E-state index contributed by atoms with van der Waals surface area (Å²) in [5.41, 5.74) is 2.62. The number of aryl methyl sites for hydroxylation is 2. The molecule has 0 saturated carbocycles. The second kappa shape index (κ2) is 8.02. The molecule has 28 heavy (non-hydrogen) atoms. The van der Waals surface area contributed by atoms with Crippen molar-refractivity contribution < 1.29 is 17.5 Å². The monoisotopic (exact) mass is 399 g/mol. The Kier molecular flexibility index (Phi) is 5.70. The third kappa shape index (κ3) is 4.02. The first kappa shape index (κ1) is 19.9.